The molecule has 0 radical (unpaired) electrons. The summed E-state index contributed by atoms with van der Waals surface area (Å²) in [6.07, 6.45) is -14.1. The van der Waals surface area contributed by atoms with Crippen molar-refractivity contribution in [3.05, 3.63) is 47.0 Å². The Hall–Kier alpha value is -4.17. The first kappa shape index (κ1) is 47.3. The summed E-state index contributed by atoms with van der Waals surface area (Å²) in [5.74, 6) is -6.44. The van der Waals surface area contributed by atoms with E-state index in [4.69, 9.17) is 37.9 Å². The second kappa shape index (κ2) is 16.4. The van der Waals surface area contributed by atoms with Crippen LogP contribution in [0.3, 0.4) is 0 Å². The zero-order chi connectivity index (χ0) is 46.1. The number of esters is 4. The van der Waals surface area contributed by atoms with Gasteiger partial charge in [-0.1, -0.05) is 39.0 Å². The molecule has 2 saturated carbocycles. The maximum absolute atomic E-state index is 14.3. The van der Waals surface area contributed by atoms with Crippen molar-refractivity contribution < 1.29 is 82.3 Å². The molecule has 18 nitrogen and oxygen atoms in total. The molecule has 0 aromatic heterocycles. The van der Waals surface area contributed by atoms with E-state index >= 15 is 0 Å². The van der Waals surface area contributed by atoms with Gasteiger partial charge in [-0.15, -0.1) is 0 Å². The Kier molecular flexibility index (Phi) is 12.5. The van der Waals surface area contributed by atoms with E-state index in [1.807, 2.05) is 0 Å². The highest BCUT2D eigenvalue weighted by atomic mass is 16.7. The van der Waals surface area contributed by atoms with Crippen LogP contribution in [0.1, 0.15) is 99.4 Å². The quantitative estimate of drug-likeness (QED) is 0.136. The number of fused-ring (bicyclic) bond motifs is 5. The van der Waals surface area contributed by atoms with Gasteiger partial charge in [0, 0.05) is 37.5 Å². The lowest BCUT2D eigenvalue weighted by molar-refractivity contribution is -0.365. The van der Waals surface area contributed by atoms with Crippen LogP contribution in [0.4, 0.5) is 4.79 Å². The number of rotatable bonds is 9. The summed E-state index contributed by atoms with van der Waals surface area (Å²) in [5, 5.41) is 52.8. The number of alkyl carbamates (subject to hydrolysis) is 1. The van der Waals surface area contributed by atoms with Gasteiger partial charge in [0.1, 0.15) is 41.7 Å². The van der Waals surface area contributed by atoms with Crippen LogP contribution >= 0.6 is 0 Å². The zero-order valence-corrected chi connectivity index (χ0v) is 37.1. The van der Waals surface area contributed by atoms with Crippen molar-refractivity contribution in [2.45, 2.75) is 166 Å². The Balaban J connectivity index is 1.52. The molecule has 5 aliphatic rings. The molecule has 18 heteroatoms. The van der Waals surface area contributed by atoms with Crippen LogP contribution in [0.15, 0.2) is 41.5 Å². The molecule has 5 N–H and O–H groups in total. The Bertz CT molecular complexity index is 1960. The maximum Gasteiger partial charge on any atom is 0.408 e. The summed E-state index contributed by atoms with van der Waals surface area (Å²) >= 11 is 0. The molecule has 1 aromatic rings. The summed E-state index contributed by atoms with van der Waals surface area (Å²) in [4.78, 5) is 67.6. The summed E-state index contributed by atoms with van der Waals surface area (Å²) in [7, 11) is 0. The van der Waals surface area contributed by atoms with Crippen molar-refractivity contribution in [3.63, 3.8) is 0 Å². The van der Waals surface area contributed by atoms with Crippen LogP contribution in [0.5, 0.6) is 0 Å². The number of hydrogen-bond acceptors (Lipinski definition) is 17. The van der Waals surface area contributed by atoms with Gasteiger partial charge in [0.05, 0.1) is 36.8 Å². The lowest BCUT2D eigenvalue weighted by Crippen LogP contribution is -2.82. The first-order valence-electron chi connectivity index (χ1n) is 20.8. The standard InChI is InChI=1S/C44H61NO17/c1-21-25(58-37(52)31(49)30(26-19-56-41(9,10)61-26)45-38(53)62-39(4,5)6)18-44(54)35(59-36(51)24-15-13-12-14-16-24)33-42(11,27(48)17-28-43(33,20-55-28)60-23(3)47)34(50)32(57-22(2)46)29(21)40(44,7)8/h12-16,25-28,30-35,48-50,54H,17-20H2,1-11H3,(H,45,53)/t25-,26+,27-,28+,30-,31+,32+,33-,34-,35-,42+,43-,44+/m0/s1. The van der Waals surface area contributed by atoms with Gasteiger partial charge < -0.3 is 63.6 Å². The third kappa shape index (κ3) is 8.23. The highest BCUT2D eigenvalue weighted by molar-refractivity contribution is 5.89. The van der Waals surface area contributed by atoms with Gasteiger partial charge in [-0.05, 0) is 64.8 Å². The largest absolute Gasteiger partial charge is 0.456 e. The van der Waals surface area contributed by atoms with E-state index in [0.29, 0.717) is 0 Å². The molecule has 0 spiro atoms. The number of aliphatic hydroxyl groups is 4. The summed E-state index contributed by atoms with van der Waals surface area (Å²) in [5.41, 5.74) is -8.21. The number of nitrogens with one attached hydrogen (secondary N) is 1. The average molecular weight is 876 g/mol. The smallest absolute Gasteiger partial charge is 0.408 e. The molecule has 0 unspecified atom stereocenters. The minimum absolute atomic E-state index is 0.0695. The first-order chi connectivity index (χ1) is 28.6. The molecular weight excluding hydrogens is 814 g/mol. The highest BCUT2D eigenvalue weighted by Gasteiger charge is 2.78. The molecule has 1 amide bonds. The molecule has 3 aliphatic carbocycles. The van der Waals surface area contributed by atoms with E-state index in [0.717, 1.165) is 13.8 Å². The average Bonchev–Trinajstić information content (AvgIpc) is 3.52. The number of amides is 1. The molecule has 2 bridgehead atoms. The van der Waals surface area contributed by atoms with E-state index in [-0.39, 0.29) is 36.3 Å². The van der Waals surface area contributed by atoms with E-state index in [1.54, 1.807) is 66.7 Å². The number of hydrogen-bond donors (Lipinski definition) is 5. The van der Waals surface area contributed by atoms with Crippen LogP contribution in [-0.2, 0) is 52.3 Å². The van der Waals surface area contributed by atoms with Gasteiger partial charge in [0.2, 0.25) is 0 Å². The van der Waals surface area contributed by atoms with Crippen LogP contribution in [-0.4, -0.2) is 141 Å². The Morgan fingerprint density at radius 3 is 2.11 bits per heavy atom. The van der Waals surface area contributed by atoms with Crippen molar-refractivity contribution >= 4 is 30.0 Å². The van der Waals surface area contributed by atoms with Gasteiger partial charge in [-0.2, -0.15) is 0 Å². The topological polar surface area (TPSA) is 252 Å². The lowest BCUT2D eigenvalue weighted by Gasteiger charge is -2.69. The molecule has 4 fully saturated rings. The SMILES string of the molecule is CC(=O)O[C@@H]1C2=C(C)[C@@H](OC(=O)[C@H](O)[C@@H](NC(=O)OC(C)(C)C)[C@H]3COC(C)(C)O3)C[C@@](O)([C@@H](OC(=O)c3ccccc3)[C@@H]3[C@]4(OC(C)=O)CO[C@@H]4C[C@H](O)[C@@]3(C)[C@H]1O)C2(C)C. The van der Waals surface area contributed by atoms with Crippen LogP contribution in [0, 0.1) is 16.7 Å². The van der Waals surface area contributed by atoms with Gasteiger partial charge in [-0.3, -0.25) is 9.59 Å². The number of carbonyl (C=O) groups is 5. The molecule has 6 rings (SSSR count). The van der Waals surface area contributed by atoms with Gasteiger partial charge >= 0.3 is 30.0 Å². The molecular formula is C44H61NO17. The van der Waals surface area contributed by atoms with E-state index in [1.165, 1.54) is 26.0 Å². The van der Waals surface area contributed by atoms with Gasteiger partial charge in [0.25, 0.3) is 0 Å². The van der Waals surface area contributed by atoms with Crippen LogP contribution in [0.25, 0.3) is 0 Å². The third-order valence-corrected chi connectivity index (χ3v) is 13.4. The zero-order valence-electron chi connectivity index (χ0n) is 37.1. The molecule has 2 aliphatic heterocycles. The van der Waals surface area contributed by atoms with Crippen molar-refractivity contribution in [3.8, 4) is 0 Å². The van der Waals surface area contributed by atoms with E-state index in [2.05, 4.69) is 5.32 Å². The van der Waals surface area contributed by atoms with E-state index in [9.17, 15) is 44.4 Å². The Labute approximate surface area is 360 Å². The van der Waals surface area contributed by atoms with Crippen molar-refractivity contribution in [2.75, 3.05) is 13.2 Å². The Morgan fingerprint density at radius 1 is 0.935 bits per heavy atom. The van der Waals surface area contributed by atoms with E-state index < -0.39 is 131 Å². The van der Waals surface area contributed by atoms with Gasteiger partial charge in [-0.25, -0.2) is 14.4 Å². The van der Waals surface area contributed by atoms with Crippen molar-refractivity contribution in [1.82, 2.24) is 5.32 Å². The monoisotopic (exact) mass is 875 g/mol. The van der Waals surface area contributed by atoms with Crippen molar-refractivity contribution in [2.24, 2.45) is 16.7 Å². The number of aliphatic hydroxyl groups excluding tert-OH is 3. The molecule has 13 atom stereocenters. The number of carbonyl (C=O) groups excluding carboxylic acids is 5. The molecule has 2 heterocycles. The Morgan fingerprint density at radius 2 is 1.58 bits per heavy atom. The summed E-state index contributed by atoms with van der Waals surface area (Å²) in [6, 6.07) is 6.38. The number of ether oxygens (including phenoxy) is 8. The second-order valence-corrected chi connectivity index (χ2v) is 19.4. The second-order valence-electron chi connectivity index (χ2n) is 19.4. The molecule has 62 heavy (non-hydrogen) atoms. The maximum atomic E-state index is 14.3. The van der Waals surface area contributed by atoms with Crippen LogP contribution < -0.4 is 5.32 Å². The molecule has 1 aromatic carbocycles. The normalized spacial score (nSPS) is 36.8. The fourth-order valence-electron chi connectivity index (χ4n) is 10.3. The molecule has 2 saturated heterocycles. The predicted molar refractivity (Wildman–Crippen MR) is 214 cm³/mol. The predicted octanol–water partition coefficient (Wildman–Crippen LogP) is 2.40. The first-order valence-corrected chi connectivity index (χ1v) is 20.8. The highest BCUT2D eigenvalue weighted by Crippen LogP contribution is 2.65. The van der Waals surface area contributed by atoms with Gasteiger partial charge in [0.15, 0.2) is 23.6 Å². The lowest BCUT2D eigenvalue weighted by atomic mass is 9.44. The fourth-order valence-corrected chi connectivity index (χ4v) is 10.3. The van der Waals surface area contributed by atoms with Crippen LogP contribution in [0.2, 0.25) is 0 Å². The third-order valence-electron chi connectivity index (χ3n) is 13.4. The minimum atomic E-state index is -2.38. The summed E-state index contributed by atoms with van der Waals surface area (Å²) in [6.45, 7) is 16.2. The van der Waals surface area contributed by atoms with Crippen molar-refractivity contribution in [1.29, 1.82) is 0 Å². The fraction of sp³-hybridized carbons (Fsp3) is 0.705. The summed E-state index contributed by atoms with van der Waals surface area (Å²) < 4.78 is 47.4. The number of benzene rings is 1. The molecule has 344 valence electrons. The minimum Gasteiger partial charge on any atom is -0.456 e.